The second kappa shape index (κ2) is 24.3. The van der Waals surface area contributed by atoms with Crippen LogP contribution in [0.4, 0.5) is 0 Å². The molecule has 0 atom stereocenters. The van der Waals surface area contributed by atoms with Crippen molar-refractivity contribution in [2.75, 3.05) is 25.4 Å². The summed E-state index contributed by atoms with van der Waals surface area (Å²) < 4.78 is 0.647. The molecule has 0 saturated carbocycles. The van der Waals surface area contributed by atoms with Gasteiger partial charge in [0, 0.05) is 19.6 Å². The molecule has 0 spiro atoms. The van der Waals surface area contributed by atoms with E-state index in [1.165, 1.54) is 95.2 Å². The van der Waals surface area contributed by atoms with Gasteiger partial charge < -0.3 is 10.2 Å². The van der Waals surface area contributed by atoms with E-state index < -0.39 is 0 Å². The van der Waals surface area contributed by atoms with Crippen molar-refractivity contribution in [3.8, 4) is 12.1 Å². The smallest absolute Gasteiger partial charge is 0.233 e. The van der Waals surface area contributed by atoms with Crippen molar-refractivity contribution < 1.29 is 4.79 Å². The van der Waals surface area contributed by atoms with Crippen molar-refractivity contribution in [2.24, 2.45) is 0 Å². The molecule has 182 valence electrons. The van der Waals surface area contributed by atoms with Gasteiger partial charge in [-0.05, 0) is 6.42 Å². The van der Waals surface area contributed by atoms with E-state index in [-0.39, 0.29) is 24.5 Å². The van der Waals surface area contributed by atoms with Crippen LogP contribution in [0.25, 0.3) is 0 Å². The molecule has 7 heteroatoms. The number of thioether (sulfide) groups is 1. The van der Waals surface area contributed by atoms with E-state index in [2.05, 4.69) is 12.2 Å². The highest BCUT2D eigenvalue weighted by atomic mass is 32.2. The average Bonchev–Trinajstić information content (AvgIpc) is 2.80. The number of amides is 1. The largest absolute Gasteiger partial charge is 0.371 e. The van der Waals surface area contributed by atoms with Crippen LogP contribution >= 0.6 is 24.0 Å². The van der Waals surface area contributed by atoms with E-state index in [0.29, 0.717) is 17.4 Å². The fourth-order valence-corrected chi connectivity index (χ4v) is 4.43. The van der Waals surface area contributed by atoms with Crippen molar-refractivity contribution in [1.82, 2.24) is 10.2 Å². The first-order valence-electron chi connectivity index (χ1n) is 12.6. The topological polar surface area (TPSA) is 79.9 Å². The summed E-state index contributed by atoms with van der Waals surface area (Å²) in [5, 5.41) is 20.7. The van der Waals surface area contributed by atoms with Crippen LogP contribution in [-0.2, 0) is 4.79 Å². The molecular weight excluding hydrogens is 436 g/mol. The summed E-state index contributed by atoms with van der Waals surface area (Å²) in [7, 11) is 0. The lowest BCUT2D eigenvalue weighted by atomic mass is 10.0. The first-order valence-corrected chi connectivity index (χ1v) is 14.0. The van der Waals surface area contributed by atoms with Crippen LogP contribution in [0.1, 0.15) is 110 Å². The summed E-state index contributed by atoms with van der Waals surface area (Å²) in [6, 6.07) is 4.09. The zero-order valence-corrected chi connectivity index (χ0v) is 21.8. The van der Waals surface area contributed by atoms with E-state index in [9.17, 15) is 4.79 Å². The number of carbonyl (C=O) groups excluding carboxylic acids is 1. The summed E-state index contributed by atoms with van der Waals surface area (Å²) in [6.45, 7) is 3.86. The Labute approximate surface area is 206 Å². The molecule has 32 heavy (non-hydrogen) atoms. The van der Waals surface area contributed by atoms with Crippen LogP contribution < -0.4 is 5.32 Å². The third-order valence-electron chi connectivity index (χ3n) is 5.47. The average molecular weight is 481 g/mol. The number of nitriles is 2. The van der Waals surface area contributed by atoms with Crippen LogP contribution in [0.5, 0.6) is 0 Å². The van der Waals surface area contributed by atoms with Crippen molar-refractivity contribution >= 4 is 34.2 Å². The number of unbranched alkanes of at least 4 members (excludes halogenated alkanes) is 13. The fraction of sp³-hybridized carbons (Fsp3) is 0.840. The Morgan fingerprint density at radius 2 is 1.25 bits per heavy atom. The maximum absolute atomic E-state index is 12.3. The number of nitrogens with one attached hydrogen (secondary N) is 1. The van der Waals surface area contributed by atoms with Gasteiger partial charge in [0.1, 0.15) is 4.32 Å². The van der Waals surface area contributed by atoms with E-state index in [0.717, 1.165) is 13.0 Å². The van der Waals surface area contributed by atoms with Gasteiger partial charge in [-0.15, -0.1) is 0 Å². The zero-order chi connectivity index (χ0) is 23.7. The Hall–Kier alpha value is -1.31. The van der Waals surface area contributed by atoms with Crippen molar-refractivity contribution in [1.29, 1.82) is 10.5 Å². The summed E-state index contributed by atoms with van der Waals surface area (Å²) in [6.07, 6.45) is 19.4. The summed E-state index contributed by atoms with van der Waals surface area (Å²) in [4.78, 5) is 13.9. The normalized spacial score (nSPS) is 10.3. The van der Waals surface area contributed by atoms with Gasteiger partial charge in [-0.2, -0.15) is 10.5 Å². The number of nitrogens with zero attached hydrogens (tertiary/aromatic N) is 3. The fourth-order valence-electron chi connectivity index (χ4n) is 3.51. The second-order valence-electron chi connectivity index (χ2n) is 8.30. The van der Waals surface area contributed by atoms with Crippen LogP contribution in [0.2, 0.25) is 0 Å². The Balaban J connectivity index is 3.55. The lowest BCUT2D eigenvalue weighted by molar-refractivity contribution is -0.128. The van der Waals surface area contributed by atoms with Gasteiger partial charge in [0.2, 0.25) is 5.91 Å². The molecule has 0 fully saturated rings. The minimum Gasteiger partial charge on any atom is -0.371 e. The molecule has 0 rings (SSSR count). The molecule has 0 aromatic heterocycles. The highest BCUT2D eigenvalue weighted by molar-refractivity contribution is 8.23. The Kier molecular flexibility index (Phi) is 23.3. The highest BCUT2D eigenvalue weighted by Crippen LogP contribution is 2.13. The predicted octanol–water partition coefficient (Wildman–Crippen LogP) is 6.73. The van der Waals surface area contributed by atoms with Crippen LogP contribution in [0.15, 0.2) is 0 Å². The molecule has 5 nitrogen and oxygen atoms in total. The number of hydrogen-bond donors (Lipinski definition) is 1. The van der Waals surface area contributed by atoms with E-state index in [4.69, 9.17) is 22.7 Å². The Morgan fingerprint density at radius 1 is 0.812 bits per heavy atom. The molecule has 1 N–H and O–H groups in total. The Morgan fingerprint density at radius 3 is 1.69 bits per heavy atom. The lowest BCUT2D eigenvalue weighted by Gasteiger charge is -2.20. The van der Waals surface area contributed by atoms with Crippen molar-refractivity contribution in [3.05, 3.63) is 0 Å². The summed E-state index contributed by atoms with van der Waals surface area (Å²) in [5.74, 6) is 0.183. The number of carbonyl (C=O) groups is 1. The lowest BCUT2D eigenvalue weighted by Crippen LogP contribution is -2.35. The summed E-state index contributed by atoms with van der Waals surface area (Å²) in [5.41, 5.74) is 0. The maximum Gasteiger partial charge on any atom is 0.233 e. The molecule has 0 saturated heterocycles. The second-order valence-corrected chi connectivity index (χ2v) is 9.95. The van der Waals surface area contributed by atoms with Gasteiger partial charge in [-0.1, -0.05) is 114 Å². The summed E-state index contributed by atoms with van der Waals surface area (Å²) >= 11 is 6.64. The van der Waals surface area contributed by atoms with Crippen LogP contribution in [0, 0.1) is 22.7 Å². The van der Waals surface area contributed by atoms with Gasteiger partial charge in [0.05, 0.1) is 30.7 Å². The molecule has 0 aromatic rings. The Bertz CT molecular complexity index is 539. The molecule has 0 aliphatic rings. The molecule has 0 aliphatic heterocycles. The van der Waals surface area contributed by atoms with Crippen LogP contribution in [-0.4, -0.2) is 40.5 Å². The third-order valence-corrected chi connectivity index (χ3v) is 6.76. The minimum absolute atomic E-state index is 0.0684. The third kappa shape index (κ3) is 20.6. The molecular formula is C25H44N4OS2. The van der Waals surface area contributed by atoms with Gasteiger partial charge in [0.15, 0.2) is 0 Å². The van der Waals surface area contributed by atoms with Gasteiger partial charge in [-0.3, -0.25) is 4.79 Å². The molecule has 1 amide bonds. The standard InChI is InChI=1S/C25H44N4OS2/c1-2-3-4-5-6-7-8-9-10-11-12-13-14-15-20-28-25(31)32-23-24(30)29(21-16-18-26)22-17-19-27/h2-17,20-23H2,1H3,(H,28,31). The van der Waals surface area contributed by atoms with Gasteiger partial charge in [0.25, 0.3) is 0 Å². The van der Waals surface area contributed by atoms with Crippen molar-refractivity contribution in [2.45, 2.75) is 110 Å². The predicted molar refractivity (Wildman–Crippen MR) is 140 cm³/mol. The molecule has 0 bridgehead atoms. The quantitative estimate of drug-likeness (QED) is 0.145. The van der Waals surface area contributed by atoms with Crippen LogP contribution in [0.3, 0.4) is 0 Å². The monoisotopic (exact) mass is 480 g/mol. The van der Waals surface area contributed by atoms with Gasteiger partial charge in [-0.25, -0.2) is 0 Å². The number of thiocarbonyl (C=S) groups is 1. The molecule has 0 aromatic carbocycles. The first-order chi connectivity index (χ1) is 15.7. The van der Waals surface area contributed by atoms with Crippen molar-refractivity contribution in [3.63, 3.8) is 0 Å². The highest BCUT2D eigenvalue weighted by Gasteiger charge is 2.13. The molecule has 0 radical (unpaired) electrons. The molecule has 0 unspecified atom stereocenters. The van der Waals surface area contributed by atoms with E-state index in [1.54, 1.807) is 4.90 Å². The zero-order valence-electron chi connectivity index (χ0n) is 20.2. The molecule has 0 heterocycles. The number of rotatable bonds is 21. The van der Waals surface area contributed by atoms with E-state index in [1.807, 2.05) is 12.1 Å². The van der Waals surface area contributed by atoms with E-state index >= 15 is 0 Å². The molecule has 0 aliphatic carbocycles. The minimum atomic E-state index is -0.0684. The SMILES string of the molecule is CCCCCCCCCCCCCCCCNC(=S)SCC(=O)N(CCC#N)CCC#N. The number of hydrogen-bond acceptors (Lipinski definition) is 5. The first kappa shape index (κ1) is 30.7. The maximum atomic E-state index is 12.3. The van der Waals surface area contributed by atoms with Gasteiger partial charge >= 0.3 is 0 Å².